The highest BCUT2D eigenvalue weighted by atomic mass is 32.1. The number of hydrogen-bond donors (Lipinski definition) is 1. The molecule has 0 amide bonds. The Bertz CT molecular complexity index is 544. The third-order valence-corrected chi connectivity index (χ3v) is 5.56. The van der Waals surface area contributed by atoms with Crippen LogP contribution in [0.1, 0.15) is 35.0 Å². The molecule has 3 rings (SSSR count). The zero-order valence-corrected chi connectivity index (χ0v) is 13.0. The molecule has 1 aliphatic carbocycles. The van der Waals surface area contributed by atoms with Gasteiger partial charge < -0.3 is 10.2 Å². The Balaban J connectivity index is 1.64. The second kappa shape index (κ2) is 5.61. The molecule has 0 fully saturated rings. The maximum absolute atomic E-state index is 4.62. The van der Waals surface area contributed by atoms with E-state index in [4.69, 9.17) is 0 Å². The number of aromatic nitrogens is 1. The Morgan fingerprint density at radius 1 is 1.42 bits per heavy atom. The zero-order valence-electron chi connectivity index (χ0n) is 11.3. The van der Waals surface area contributed by atoms with Crippen LogP contribution in [-0.2, 0) is 13.0 Å². The molecule has 1 aliphatic rings. The van der Waals surface area contributed by atoms with Gasteiger partial charge in [-0.15, -0.1) is 22.7 Å². The van der Waals surface area contributed by atoms with Gasteiger partial charge in [-0.3, -0.25) is 0 Å². The van der Waals surface area contributed by atoms with E-state index >= 15 is 0 Å². The van der Waals surface area contributed by atoms with Crippen molar-refractivity contribution in [1.29, 1.82) is 0 Å². The summed E-state index contributed by atoms with van der Waals surface area (Å²) in [6, 6.07) is 2.79. The Kier molecular flexibility index (Phi) is 3.86. The van der Waals surface area contributed by atoms with Crippen LogP contribution in [0.25, 0.3) is 0 Å². The number of thiophene rings is 1. The van der Waals surface area contributed by atoms with E-state index in [0.717, 1.165) is 17.4 Å². The number of anilines is 1. The molecular weight excluding hydrogens is 274 g/mol. The van der Waals surface area contributed by atoms with Crippen molar-refractivity contribution in [2.24, 2.45) is 0 Å². The Morgan fingerprint density at radius 2 is 2.32 bits per heavy atom. The first-order valence-electron chi connectivity index (χ1n) is 6.65. The van der Waals surface area contributed by atoms with Crippen LogP contribution in [0.4, 0.5) is 5.13 Å². The molecule has 102 valence electrons. The minimum atomic E-state index is 0.513. The molecule has 19 heavy (non-hydrogen) atoms. The third-order valence-electron chi connectivity index (χ3n) is 3.50. The predicted molar refractivity (Wildman–Crippen MR) is 83.3 cm³/mol. The van der Waals surface area contributed by atoms with E-state index in [1.54, 1.807) is 16.2 Å². The molecule has 0 saturated carbocycles. The second-order valence-corrected chi connectivity index (χ2v) is 6.98. The number of nitrogens with zero attached hydrogens (tertiary/aromatic N) is 2. The van der Waals surface area contributed by atoms with Crippen LogP contribution in [0.3, 0.4) is 0 Å². The van der Waals surface area contributed by atoms with Crippen molar-refractivity contribution in [3.63, 3.8) is 0 Å². The summed E-state index contributed by atoms with van der Waals surface area (Å²) in [5, 5.41) is 9.12. The van der Waals surface area contributed by atoms with Gasteiger partial charge in [-0.2, -0.15) is 0 Å². The minimum absolute atomic E-state index is 0.513. The van der Waals surface area contributed by atoms with E-state index in [9.17, 15) is 0 Å². The molecule has 0 aromatic carbocycles. The smallest absolute Gasteiger partial charge is 0.185 e. The molecule has 0 aliphatic heterocycles. The summed E-state index contributed by atoms with van der Waals surface area (Å²) in [7, 11) is 4.07. The fraction of sp³-hybridized carbons (Fsp3) is 0.500. The molecular formula is C14H19N3S2. The van der Waals surface area contributed by atoms with Gasteiger partial charge in [0.1, 0.15) is 0 Å². The summed E-state index contributed by atoms with van der Waals surface area (Å²) in [5.41, 5.74) is 2.66. The maximum Gasteiger partial charge on any atom is 0.185 e. The van der Waals surface area contributed by atoms with Crippen molar-refractivity contribution in [3.05, 3.63) is 33.0 Å². The van der Waals surface area contributed by atoms with Gasteiger partial charge in [-0.25, -0.2) is 4.98 Å². The third kappa shape index (κ3) is 2.83. The van der Waals surface area contributed by atoms with Crippen LogP contribution in [-0.4, -0.2) is 19.1 Å². The number of rotatable bonds is 4. The van der Waals surface area contributed by atoms with E-state index in [2.05, 4.69) is 32.0 Å². The normalized spacial score (nSPS) is 18.3. The highest BCUT2D eigenvalue weighted by molar-refractivity contribution is 7.13. The van der Waals surface area contributed by atoms with Crippen LogP contribution in [0.2, 0.25) is 0 Å². The molecule has 0 radical (unpaired) electrons. The van der Waals surface area contributed by atoms with Crippen molar-refractivity contribution in [3.8, 4) is 0 Å². The monoisotopic (exact) mass is 293 g/mol. The molecule has 5 heteroatoms. The standard InChI is InChI=1S/C14H19N3S2/c1-17(2)14-16-10(9-19-14)8-15-12-4-3-5-13-11(12)6-7-18-13/h6-7,9,12,15H,3-5,8H2,1-2H3/t12-/m1/s1. The average Bonchev–Trinajstić information content (AvgIpc) is 3.05. The molecule has 0 bridgehead atoms. The van der Waals surface area contributed by atoms with Crippen molar-refractivity contribution >= 4 is 27.8 Å². The Morgan fingerprint density at radius 3 is 3.11 bits per heavy atom. The van der Waals surface area contributed by atoms with E-state index in [-0.39, 0.29) is 0 Å². The molecule has 2 heterocycles. The Hall–Kier alpha value is -0.910. The first-order chi connectivity index (χ1) is 9.24. The largest absolute Gasteiger partial charge is 0.354 e. The lowest BCUT2D eigenvalue weighted by Gasteiger charge is -2.23. The van der Waals surface area contributed by atoms with E-state index < -0.39 is 0 Å². The summed E-state index contributed by atoms with van der Waals surface area (Å²) in [6.07, 6.45) is 3.80. The second-order valence-electron chi connectivity index (χ2n) is 5.14. The highest BCUT2D eigenvalue weighted by Crippen LogP contribution is 2.33. The highest BCUT2D eigenvalue weighted by Gasteiger charge is 2.20. The lowest BCUT2D eigenvalue weighted by atomic mass is 9.94. The maximum atomic E-state index is 4.62. The Labute approximate surface area is 122 Å². The fourth-order valence-electron chi connectivity index (χ4n) is 2.51. The van der Waals surface area contributed by atoms with Crippen molar-refractivity contribution in [2.75, 3.05) is 19.0 Å². The van der Waals surface area contributed by atoms with Gasteiger partial charge in [-0.1, -0.05) is 0 Å². The van der Waals surface area contributed by atoms with Crippen LogP contribution in [0.5, 0.6) is 0 Å². The lowest BCUT2D eigenvalue weighted by molar-refractivity contribution is 0.461. The van der Waals surface area contributed by atoms with Gasteiger partial charge >= 0.3 is 0 Å². The summed E-state index contributed by atoms with van der Waals surface area (Å²) in [6.45, 7) is 0.865. The van der Waals surface area contributed by atoms with Gasteiger partial charge in [0.15, 0.2) is 5.13 Å². The summed E-state index contributed by atoms with van der Waals surface area (Å²) in [5.74, 6) is 0. The van der Waals surface area contributed by atoms with E-state index in [1.165, 1.54) is 24.8 Å². The van der Waals surface area contributed by atoms with Gasteiger partial charge in [0.05, 0.1) is 5.69 Å². The molecule has 0 saturated heterocycles. The number of hydrogen-bond acceptors (Lipinski definition) is 5. The molecule has 0 spiro atoms. The molecule has 2 aromatic rings. The minimum Gasteiger partial charge on any atom is -0.354 e. The van der Waals surface area contributed by atoms with Gasteiger partial charge in [0.25, 0.3) is 0 Å². The molecule has 2 aromatic heterocycles. The summed E-state index contributed by atoms with van der Waals surface area (Å²) in [4.78, 5) is 8.25. The first kappa shape index (κ1) is 13.1. The van der Waals surface area contributed by atoms with Gasteiger partial charge in [-0.05, 0) is 36.3 Å². The number of fused-ring (bicyclic) bond motifs is 1. The van der Waals surface area contributed by atoms with Gasteiger partial charge in [0, 0.05) is 36.9 Å². The van der Waals surface area contributed by atoms with E-state index in [1.807, 2.05) is 25.4 Å². The van der Waals surface area contributed by atoms with E-state index in [0.29, 0.717) is 6.04 Å². The SMILES string of the molecule is CN(C)c1nc(CN[C@@H]2CCCc3sccc32)cs1. The van der Waals surface area contributed by atoms with Gasteiger partial charge in [0.2, 0.25) is 0 Å². The number of thiazole rings is 1. The van der Waals surface area contributed by atoms with Crippen LogP contribution < -0.4 is 10.2 Å². The summed E-state index contributed by atoms with van der Waals surface area (Å²) >= 11 is 3.61. The molecule has 1 atom stereocenters. The predicted octanol–water partition coefficient (Wildman–Crippen LogP) is 3.44. The van der Waals surface area contributed by atoms with Crippen molar-refractivity contribution in [1.82, 2.24) is 10.3 Å². The lowest BCUT2D eigenvalue weighted by Crippen LogP contribution is -2.24. The summed E-state index contributed by atoms with van der Waals surface area (Å²) < 4.78 is 0. The van der Waals surface area contributed by atoms with Crippen molar-refractivity contribution in [2.45, 2.75) is 31.8 Å². The first-order valence-corrected chi connectivity index (χ1v) is 8.41. The van der Waals surface area contributed by atoms with Crippen LogP contribution in [0, 0.1) is 0 Å². The zero-order chi connectivity index (χ0) is 13.2. The fourth-order valence-corrected chi connectivity index (χ4v) is 4.25. The quantitative estimate of drug-likeness (QED) is 0.936. The van der Waals surface area contributed by atoms with Crippen LogP contribution in [0.15, 0.2) is 16.8 Å². The van der Waals surface area contributed by atoms with Crippen LogP contribution >= 0.6 is 22.7 Å². The van der Waals surface area contributed by atoms with Crippen molar-refractivity contribution < 1.29 is 0 Å². The average molecular weight is 293 g/mol. The molecule has 1 N–H and O–H groups in total. The molecule has 0 unspecified atom stereocenters. The molecule has 3 nitrogen and oxygen atoms in total. The topological polar surface area (TPSA) is 28.2 Å². The number of nitrogens with one attached hydrogen (secondary N) is 1. The number of aryl methyl sites for hydroxylation is 1.